The highest BCUT2D eigenvalue weighted by atomic mass is 16.4. The van der Waals surface area contributed by atoms with E-state index in [1.165, 1.54) is 0 Å². The maximum Gasteiger partial charge on any atom is 0.306 e. The fraction of sp³-hybridized carbons (Fsp3) is 0.500. The topological polar surface area (TPSA) is 70.5 Å². The minimum Gasteiger partial charge on any atom is -0.481 e. The van der Waals surface area contributed by atoms with Crippen LogP contribution in [0.25, 0.3) is 0 Å². The summed E-state index contributed by atoms with van der Waals surface area (Å²) in [6, 6.07) is 5.59. The highest BCUT2D eigenvalue weighted by Crippen LogP contribution is 2.32. The van der Waals surface area contributed by atoms with Gasteiger partial charge in [0.25, 0.3) is 0 Å². The predicted octanol–water partition coefficient (Wildman–Crippen LogP) is 1.54. The van der Waals surface area contributed by atoms with E-state index in [-0.39, 0.29) is 17.7 Å². The van der Waals surface area contributed by atoms with E-state index in [1.807, 2.05) is 18.2 Å². The number of rotatable bonds is 4. The van der Waals surface area contributed by atoms with Crippen molar-refractivity contribution >= 4 is 11.9 Å². The third kappa shape index (κ3) is 3.30. The van der Waals surface area contributed by atoms with Crippen LogP contribution >= 0.6 is 0 Å². The molecule has 1 fully saturated rings. The Morgan fingerprint density at radius 3 is 2.68 bits per heavy atom. The normalized spacial score (nSPS) is 22.2. The predicted molar refractivity (Wildman–Crippen MR) is 69.2 cm³/mol. The summed E-state index contributed by atoms with van der Waals surface area (Å²) < 4.78 is 0. The van der Waals surface area contributed by atoms with Gasteiger partial charge in [-0.05, 0) is 31.4 Å². The number of carbonyl (C=O) groups is 2. The highest BCUT2D eigenvalue weighted by molar-refractivity contribution is 5.80. The first-order chi connectivity index (χ1) is 9.08. The number of hydrogen-bond acceptors (Lipinski definition) is 3. The van der Waals surface area contributed by atoms with Gasteiger partial charge >= 0.3 is 5.97 Å². The lowest BCUT2D eigenvalue weighted by Crippen LogP contribution is -2.32. The zero-order valence-corrected chi connectivity index (χ0v) is 11.0. The van der Waals surface area contributed by atoms with Crippen molar-refractivity contribution in [2.45, 2.75) is 25.8 Å². The van der Waals surface area contributed by atoms with Crippen molar-refractivity contribution < 1.29 is 14.7 Å². The molecule has 1 saturated carbocycles. The van der Waals surface area contributed by atoms with E-state index >= 15 is 0 Å². The first kappa shape index (κ1) is 13.5. The molecule has 1 aromatic heterocycles. The number of nitrogens with zero attached hydrogens (tertiary/aromatic N) is 2. The SMILES string of the molecule is CN(Cc1ccccn1)C(=O)C1CCC(C(=O)O)C1. The van der Waals surface area contributed by atoms with Crippen LogP contribution < -0.4 is 0 Å². The van der Waals surface area contributed by atoms with Crippen LogP contribution in [0.2, 0.25) is 0 Å². The number of aliphatic carboxylic acids is 1. The summed E-state index contributed by atoms with van der Waals surface area (Å²) in [4.78, 5) is 28.9. The molecule has 1 aromatic rings. The minimum absolute atomic E-state index is 0.0226. The van der Waals surface area contributed by atoms with E-state index in [9.17, 15) is 9.59 Å². The molecule has 5 heteroatoms. The molecule has 1 amide bonds. The van der Waals surface area contributed by atoms with Crippen molar-refractivity contribution in [1.82, 2.24) is 9.88 Å². The maximum atomic E-state index is 12.2. The fourth-order valence-electron chi connectivity index (χ4n) is 2.55. The van der Waals surface area contributed by atoms with Crippen molar-refractivity contribution in [3.05, 3.63) is 30.1 Å². The van der Waals surface area contributed by atoms with Gasteiger partial charge in [-0.2, -0.15) is 0 Å². The molecular formula is C14H18N2O3. The molecule has 102 valence electrons. The van der Waals surface area contributed by atoms with Gasteiger partial charge in [-0.3, -0.25) is 14.6 Å². The Morgan fingerprint density at radius 2 is 2.11 bits per heavy atom. The summed E-state index contributed by atoms with van der Waals surface area (Å²) in [6.45, 7) is 0.466. The Bertz CT molecular complexity index is 461. The van der Waals surface area contributed by atoms with Crippen LogP contribution in [-0.2, 0) is 16.1 Å². The second kappa shape index (κ2) is 5.82. The molecule has 19 heavy (non-hydrogen) atoms. The number of carboxylic acid groups (broad SMARTS) is 1. The van der Waals surface area contributed by atoms with Crippen molar-refractivity contribution in [2.75, 3.05) is 7.05 Å². The lowest BCUT2D eigenvalue weighted by atomic mass is 10.0. The number of aromatic nitrogens is 1. The maximum absolute atomic E-state index is 12.2. The Balaban J connectivity index is 1.91. The van der Waals surface area contributed by atoms with Crippen molar-refractivity contribution in [2.24, 2.45) is 11.8 Å². The molecule has 1 heterocycles. The van der Waals surface area contributed by atoms with Crippen LogP contribution in [0.1, 0.15) is 25.0 Å². The molecule has 2 rings (SSSR count). The standard InChI is InChI=1S/C14H18N2O3/c1-16(9-12-4-2-3-7-15-12)13(17)10-5-6-11(8-10)14(18)19/h2-4,7,10-11H,5-6,8-9H2,1H3,(H,18,19). The van der Waals surface area contributed by atoms with Gasteiger partial charge in [-0.15, -0.1) is 0 Å². The number of amides is 1. The van der Waals surface area contributed by atoms with Crippen LogP contribution in [0, 0.1) is 11.8 Å². The van der Waals surface area contributed by atoms with Gasteiger partial charge in [0.1, 0.15) is 0 Å². The van der Waals surface area contributed by atoms with Gasteiger partial charge in [-0.1, -0.05) is 6.07 Å². The molecule has 1 N–H and O–H groups in total. The molecule has 0 saturated heterocycles. The van der Waals surface area contributed by atoms with E-state index in [0.717, 1.165) is 5.69 Å². The first-order valence-electron chi connectivity index (χ1n) is 6.45. The van der Waals surface area contributed by atoms with E-state index < -0.39 is 5.97 Å². The highest BCUT2D eigenvalue weighted by Gasteiger charge is 2.35. The molecule has 0 aliphatic heterocycles. The Hall–Kier alpha value is -1.91. The van der Waals surface area contributed by atoms with Gasteiger partial charge in [-0.25, -0.2) is 0 Å². The molecule has 5 nitrogen and oxygen atoms in total. The van der Waals surface area contributed by atoms with Crippen molar-refractivity contribution in [3.63, 3.8) is 0 Å². The summed E-state index contributed by atoms with van der Waals surface area (Å²) in [5.41, 5.74) is 0.839. The average molecular weight is 262 g/mol. The largest absolute Gasteiger partial charge is 0.481 e. The average Bonchev–Trinajstić information content (AvgIpc) is 2.88. The Kier molecular flexibility index (Phi) is 4.14. The first-order valence-corrected chi connectivity index (χ1v) is 6.45. The van der Waals surface area contributed by atoms with Crippen LogP contribution in [0.15, 0.2) is 24.4 Å². The lowest BCUT2D eigenvalue weighted by molar-refractivity contribution is -0.141. The molecule has 2 unspecified atom stereocenters. The van der Waals surface area contributed by atoms with Crippen LogP contribution in [0.3, 0.4) is 0 Å². The van der Waals surface area contributed by atoms with Crippen molar-refractivity contribution in [3.8, 4) is 0 Å². The van der Waals surface area contributed by atoms with Gasteiger partial charge in [0.2, 0.25) is 5.91 Å². The molecular weight excluding hydrogens is 244 g/mol. The van der Waals surface area contributed by atoms with E-state index in [1.54, 1.807) is 18.1 Å². The van der Waals surface area contributed by atoms with E-state index in [4.69, 9.17) is 5.11 Å². The summed E-state index contributed by atoms with van der Waals surface area (Å²) in [7, 11) is 1.74. The smallest absolute Gasteiger partial charge is 0.306 e. The van der Waals surface area contributed by atoms with E-state index in [2.05, 4.69) is 4.98 Å². The number of carboxylic acids is 1. The molecule has 0 bridgehead atoms. The summed E-state index contributed by atoms with van der Waals surface area (Å²) >= 11 is 0. The van der Waals surface area contributed by atoms with Crippen LogP contribution in [-0.4, -0.2) is 33.9 Å². The van der Waals surface area contributed by atoms with Gasteiger partial charge in [0.05, 0.1) is 18.2 Å². The zero-order valence-electron chi connectivity index (χ0n) is 11.0. The second-order valence-corrected chi connectivity index (χ2v) is 5.06. The molecule has 1 aliphatic carbocycles. The second-order valence-electron chi connectivity index (χ2n) is 5.06. The third-order valence-corrected chi connectivity index (χ3v) is 3.63. The van der Waals surface area contributed by atoms with Gasteiger partial charge in [0.15, 0.2) is 0 Å². The van der Waals surface area contributed by atoms with Crippen molar-refractivity contribution in [1.29, 1.82) is 0 Å². The zero-order chi connectivity index (χ0) is 13.8. The Morgan fingerprint density at radius 1 is 1.37 bits per heavy atom. The third-order valence-electron chi connectivity index (χ3n) is 3.63. The van der Waals surface area contributed by atoms with Gasteiger partial charge in [0, 0.05) is 19.2 Å². The quantitative estimate of drug-likeness (QED) is 0.893. The lowest BCUT2D eigenvalue weighted by Gasteiger charge is -2.20. The Labute approximate surface area is 112 Å². The van der Waals surface area contributed by atoms with Crippen LogP contribution in [0.4, 0.5) is 0 Å². The number of hydrogen-bond donors (Lipinski definition) is 1. The fourth-order valence-corrected chi connectivity index (χ4v) is 2.55. The molecule has 1 aliphatic rings. The number of carbonyl (C=O) groups excluding carboxylic acids is 1. The summed E-state index contributed by atoms with van der Waals surface area (Å²) in [5.74, 6) is -1.29. The minimum atomic E-state index is -0.789. The molecule has 0 aromatic carbocycles. The van der Waals surface area contributed by atoms with E-state index in [0.29, 0.717) is 25.8 Å². The monoisotopic (exact) mass is 262 g/mol. The molecule has 2 atom stereocenters. The molecule has 0 spiro atoms. The van der Waals surface area contributed by atoms with Gasteiger partial charge < -0.3 is 10.0 Å². The number of pyridine rings is 1. The molecule has 0 radical (unpaired) electrons. The van der Waals surface area contributed by atoms with Crippen LogP contribution in [0.5, 0.6) is 0 Å². The summed E-state index contributed by atoms with van der Waals surface area (Å²) in [5, 5.41) is 8.95. The summed E-state index contributed by atoms with van der Waals surface area (Å²) in [6.07, 6.45) is 3.43.